The Balaban J connectivity index is 2.82. The first kappa shape index (κ1) is 75.8. The number of rotatable bonds is 60. The van der Waals surface area contributed by atoms with E-state index in [2.05, 4.69) is 39.5 Å². The van der Waals surface area contributed by atoms with E-state index in [9.17, 15) is 19.2 Å². The third kappa shape index (κ3) is 44.3. The van der Waals surface area contributed by atoms with Gasteiger partial charge in [-0.15, -0.1) is 0 Å². The Labute approximate surface area is 494 Å². The first-order valence-corrected chi connectivity index (χ1v) is 34.8. The van der Waals surface area contributed by atoms with Crippen molar-refractivity contribution in [1.29, 1.82) is 0 Å². The van der Waals surface area contributed by atoms with Crippen molar-refractivity contribution in [3.63, 3.8) is 0 Å². The largest absolute Gasteiger partial charge is 0.466 e. The van der Waals surface area contributed by atoms with Crippen molar-refractivity contribution >= 4 is 23.9 Å². The zero-order valence-electron chi connectivity index (χ0n) is 54.0. The molecule has 11 nitrogen and oxygen atoms in total. The second kappa shape index (κ2) is 54.7. The summed E-state index contributed by atoms with van der Waals surface area (Å²) in [5.74, 6) is -1.59. The number of hydrogen-bond donors (Lipinski definition) is 0. The van der Waals surface area contributed by atoms with E-state index in [-0.39, 0.29) is 36.1 Å². The maximum absolute atomic E-state index is 14.0. The van der Waals surface area contributed by atoms with E-state index < -0.39 is 11.8 Å². The van der Waals surface area contributed by atoms with Gasteiger partial charge in [0.25, 0.3) is 0 Å². The monoisotopic (exact) mass is 1130 g/mol. The summed E-state index contributed by atoms with van der Waals surface area (Å²) in [6.45, 7) is 14.0. The molecule has 2 atom stereocenters. The van der Waals surface area contributed by atoms with Gasteiger partial charge in [0.05, 0.1) is 25.7 Å². The van der Waals surface area contributed by atoms with E-state index in [1.54, 1.807) is 0 Å². The summed E-state index contributed by atoms with van der Waals surface area (Å²) >= 11 is 0. The van der Waals surface area contributed by atoms with Crippen LogP contribution in [-0.4, -0.2) is 105 Å². The summed E-state index contributed by atoms with van der Waals surface area (Å²) in [6, 6.07) is -0.464. The van der Waals surface area contributed by atoms with Crippen molar-refractivity contribution in [2.45, 2.75) is 373 Å². The van der Waals surface area contributed by atoms with E-state index in [1.165, 1.54) is 173 Å². The lowest BCUT2D eigenvalue weighted by Crippen LogP contribution is -2.42. The number of esters is 4. The summed E-state index contributed by atoms with van der Waals surface area (Å²) in [4.78, 5) is 56.9. The van der Waals surface area contributed by atoms with Crippen LogP contribution in [-0.2, 0) is 42.9 Å². The van der Waals surface area contributed by atoms with Crippen LogP contribution in [0.5, 0.6) is 0 Å². The minimum Gasteiger partial charge on any atom is -0.466 e. The van der Waals surface area contributed by atoms with Gasteiger partial charge < -0.3 is 28.6 Å². The third-order valence-electron chi connectivity index (χ3n) is 16.6. The molecular formula is C69H132N2O9. The SMILES string of the molecule is CCCCCCCCCCCOC(=O)CCCCCN1C[C@H](OC(=O)CCN(C)C)C[C@H]1C(=O)OCCCCCCCC(=O)OC(CCCCCCCC)(CCCCCCCC)OC(CCCCCCCC)CCCCCCCC. The highest BCUT2D eigenvalue weighted by molar-refractivity contribution is 5.76. The molecule has 0 unspecified atom stereocenters. The van der Waals surface area contributed by atoms with E-state index in [0.717, 1.165) is 116 Å². The van der Waals surface area contributed by atoms with Gasteiger partial charge in [-0.3, -0.25) is 24.1 Å². The van der Waals surface area contributed by atoms with Gasteiger partial charge in [-0.05, 0) is 78.4 Å². The van der Waals surface area contributed by atoms with E-state index in [4.69, 9.17) is 23.7 Å². The van der Waals surface area contributed by atoms with Crippen molar-refractivity contribution in [3.05, 3.63) is 0 Å². The number of ether oxygens (including phenoxy) is 5. The fourth-order valence-electron chi connectivity index (χ4n) is 11.4. The molecule has 472 valence electrons. The summed E-state index contributed by atoms with van der Waals surface area (Å²) in [5, 5.41) is 0. The Morgan fingerprint density at radius 2 is 0.850 bits per heavy atom. The molecule has 0 radical (unpaired) electrons. The molecule has 0 saturated carbocycles. The minimum atomic E-state index is -0.851. The summed E-state index contributed by atoms with van der Waals surface area (Å²) in [7, 11) is 3.87. The number of hydrogen-bond acceptors (Lipinski definition) is 11. The quantitative estimate of drug-likeness (QED) is 0.0250. The first-order valence-electron chi connectivity index (χ1n) is 34.8. The number of carbonyl (C=O) groups is 4. The molecule has 1 aliphatic rings. The van der Waals surface area contributed by atoms with Gasteiger partial charge in [-0.1, -0.05) is 253 Å². The van der Waals surface area contributed by atoms with Crippen LogP contribution in [0.15, 0.2) is 0 Å². The van der Waals surface area contributed by atoms with Gasteiger partial charge >= 0.3 is 23.9 Å². The van der Waals surface area contributed by atoms with E-state index in [1.807, 2.05) is 19.0 Å². The summed E-state index contributed by atoms with van der Waals surface area (Å²) < 4.78 is 31.4. The molecule has 0 bridgehead atoms. The third-order valence-corrected chi connectivity index (χ3v) is 16.6. The average molecular weight is 1130 g/mol. The number of nitrogens with zero attached hydrogens (tertiary/aromatic N) is 2. The molecule has 0 amide bonds. The van der Waals surface area contributed by atoms with Gasteiger partial charge in [-0.25, -0.2) is 0 Å². The van der Waals surface area contributed by atoms with Crippen molar-refractivity contribution in [2.75, 3.05) is 46.9 Å². The van der Waals surface area contributed by atoms with Crippen LogP contribution in [0.3, 0.4) is 0 Å². The maximum atomic E-state index is 14.0. The Morgan fingerprint density at radius 1 is 0.450 bits per heavy atom. The summed E-state index contributed by atoms with van der Waals surface area (Å²) in [5.41, 5.74) is 0. The Hall–Kier alpha value is -2.24. The zero-order valence-corrected chi connectivity index (χ0v) is 54.0. The van der Waals surface area contributed by atoms with Crippen molar-refractivity contribution in [3.8, 4) is 0 Å². The predicted octanol–water partition coefficient (Wildman–Crippen LogP) is 19.1. The molecule has 0 spiro atoms. The van der Waals surface area contributed by atoms with Crippen LogP contribution >= 0.6 is 0 Å². The maximum Gasteiger partial charge on any atom is 0.323 e. The van der Waals surface area contributed by atoms with Crippen LogP contribution in [0.2, 0.25) is 0 Å². The molecule has 1 saturated heterocycles. The second-order valence-electron chi connectivity index (χ2n) is 24.7. The first-order chi connectivity index (χ1) is 39.0. The highest BCUT2D eigenvalue weighted by Gasteiger charge is 2.40. The Kier molecular flexibility index (Phi) is 51.8. The van der Waals surface area contributed by atoms with Crippen LogP contribution in [0.4, 0.5) is 0 Å². The van der Waals surface area contributed by atoms with Gasteiger partial charge in [0.1, 0.15) is 12.1 Å². The molecule has 0 N–H and O–H groups in total. The molecular weight excluding hydrogens is 1000 g/mol. The molecule has 0 aromatic rings. The highest BCUT2D eigenvalue weighted by Crippen LogP contribution is 2.34. The standard InChI is InChI=1S/C69H132N2O9/c1-8-13-18-23-28-29-30-37-47-58-76-65(72)51-43-39-46-56-71-61-63(78-66(73)53-57-70(6)7)60-64(71)68(75)77-59-48-38-31-34-42-52-67(74)80-69(54-44-35-26-21-16-11-4,55-45-36-27-22-17-12-5)79-62(49-40-32-24-19-14-9-2)50-41-33-25-20-15-10-3/h62-64H,8-61H2,1-7H3/t63-,64+/m1/s1. The van der Waals surface area contributed by atoms with Gasteiger partial charge in [0.15, 0.2) is 0 Å². The van der Waals surface area contributed by atoms with Crippen molar-refractivity contribution in [1.82, 2.24) is 9.80 Å². The fraction of sp³-hybridized carbons (Fsp3) is 0.942. The Bertz CT molecular complexity index is 1400. The van der Waals surface area contributed by atoms with Crippen LogP contribution in [0, 0.1) is 0 Å². The smallest absolute Gasteiger partial charge is 0.323 e. The number of unbranched alkanes of at least 4 members (excludes halogenated alkanes) is 34. The van der Waals surface area contributed by atoms with Crippen molar-refractivity contribution in [2.24, 2.45) is 0 Å². The van der Waals surface area contributed by atoms with E-state index >= 15 is 0 Å². The summed E-state index contributed by atoms with van der Waals surface area (Å²) in [6.07, 6.45) is 52.4. The lowest BCUT2D eigenvalue weighted by atomic mass is 9.97. The predicted molar refractivity (Wildman–Crippen MR) is 334 cm³/mol. The van der Waals surface area contributed by atoms with E-state index in [0.29, 0.717) is 58.5 Å². The highest BCUT2D eigenvalue weighted by atomic mass is 16.7. The number of carbonyl (C=O) groups excluding carboxylic acids is 4. The van der Waals surface area contributed by atoms with Crippen molar-refractivity contribution < 1.29 is 42.9 Å². The van der Waals surface area contributed by atoms with Gasteiger partial charge in [-0.2, -0.15) is 0 Å². The molecule has 11 heteroatoms. The number of likely N-dealkylation sites (tertiary alicyclic amines) is 1. The topological polar surface area (TPSA) is 121 Å². The Morgan fingerprint density at radius 3 is 1.32 bits per heavy atom. The molecule has 1 rings (SSSR count). The molecule has 80 heavy (non-hydrogen) atoms. The lowest BCUT2D eigenvalue weighted by Gasteiger charge is -2.37. The van der Waals surface area contributed by atoms with Crippen LogP contribution in [0.1, 0.15) is 349 Å². The minimum absolute atomic E-state index is 0.112. The molecule has 1 heterocycles. The van der Waals surface area contributed by atoms with Crippen LogP contribution in [0.25, 0.3) is 0 Å². The molecule has 0 aromatic carbocycles. The second-order valence-corrected chi connectivity index (χ2v) is 24.7. The fourth-order valence-corrected chi connectivity index (χ4v) is 11.4. The van der Waals surface area contributed by atoms with Crippen LogP contribution < -0.4 is 0 Å². The normalized spacial score (nSPS) is 14.9. The lowest BCUT2D eigenvalue weighted by molar-refractivity contribution is -0.259. The molecule has 1 aliphatic heterocycles. The molecule has 0 aromatic heterocycles. The van der Waals surface area contributed by atoms with Gasteiger partial charge in [0, 0.05) is 45.2 Å². The average Bonchev–Trinajstić information content (AvgIpc) is 3.90. The van der Waals surface area contributed by atoms with Gasteiger partial charge in [0.2, 0.25) is 5.79 Å². The zero-order chi connectivity index (χ0) is 58.4. The molecule has 0 aliphatic carbocycles. The molecule has 1 fully saturated rings.